The minimum Gasteiger partial charge on any atom is -0.349 e. The normalized spacial score (nSPS) is 9.47. The van der Waals surface area contributed by atoms with Gasteiger partial charge in [-0.15, -0.1) is 6.42 Å². The van der Waals surface area contributed by atoms with Crippen LogP contribution in [0.5, 0.6) is 0 Å². The lowest BCUT2D eigenvalue weighted by atomic mass is 10.3. The highest BCUT2D eigenvalue weighted by Crippen LogP contribution is 2.11. The maximum absolute atomic E-state index is 11.8. The highest BCUT2D eigenvalue weighted by atomic mass is 16.2. The molecule has 6 heteroatoms. The van der Waals surface area contributed by atoms with Crippen LogP contribution in [-0.2, 0) is 14.1 Å². The number of rotatable bonds is 2. The number of hydrogen-bond acceptors (Lipinski definition) is 4. The van der Waals surface area contributed by atoms with E-state index in [4.69, 9.17) is 11.7 Å². The number of nitrogens with zero attached hydrogens (tertiary/aromatic N) is 4. The summed E-state index contributed by atoms with van der Waals surface area (Å²) in [6.45, 7) is 0.203. The summed E-state index contributed by atoms with van der Waals surface area (Å²) in [7, 11) is 4.44. The first kappa shape index (κ1) is 12.6. The van der Waals surface area contributed by atoms with Gasteiger partial charge in [0.1, 0.15) is 11.9 Å². The van der Waals surface area contributed by atoms with E-state index in [1.807, 2.05) is 6.07 Å². The van der Waals surface area contributed by atoms with Gasteiger partial charge in [0.2, 0.25) is 0 Å². The van der Waals surface area contributed by atoms with Crippen molar-refractivity contribution in [2.24, 2.45) is 14.1 Å². The summed E-state index contributed by atoms with van der Waals surface area (Å²) in [4.78, 5) is 25.0. The molecule has 1 rings (SSSR count). The lowest BCUT2D eigenvalue weighted by Crippen LogP contribution is -2.41. The third-order valence-electron chi connectivity index (χ3n) is 2.44. The zero-order valence-corrected chi connectivity index (χ0v) is 9.89. The Morgan fingerprint density at radius 1 is 1.35 bits per heavy atom. The third-order valence-corrected chi connectivity index (χ3v) is 2.44. The standard InChI is InChI=1S/C11H12N4O2/c1-5-6-13(2)9-8(7-12)10(16)15(4)11(17)14(9)3/h1H,6H2,2-4H3. The molecule has 1 aromatic heterocycles. The van der Waals surface area contributed by atoms with E-state index in [0.29, 0.717) is 0 Å². The second-order valence-electron chi connectivity index (χ2n) is 3.58. The van der Waals surface area contributed by atoms with Crippen molar-refractivity contribution in [2.75, 3.05) is 18.5 Å². The molecule has 17 heavy (non-hydrogen) atoms. The van der Waals surface area contributed by atoms with E-state index in [2.05, 4.69) is 5.92 Å². The lowest BCUT2D eigenvalue weighted by molar-refractivity contribution is 0.674. The van der Waals surface area contributed by atoms with Gasteiger partial charge in [-0.2, -0.15) is 5.26 Å². The Labute approximate surface area is 98.3 Å². The summed E-state index contributed by atoms with van der Waals surface area (Å²) in [6.07, 6.45) is 5.17. The Bertz CT molecular complexity index is 640. The van der Waals surface area contributed by atoms with Crippen LogP contribution < -0.4 is 16.1 Å². The van der Waals surface area contributed by atoms with Crippen LogP contribution in [0.4, 0.5) is 5.82 Å². The monoisotopic (exact) mass is 232 g/mol. The molecule has 0 spiro atoms. The molecule has 0 aromatic carbocycles. The fourth-order valence-corrected chi connectivity index (χ4v) is 1.59. The zero-order valence-electron chi connectivity index (χ0n) is 9.89. The first-order valence-electron chi connectivity index (χ1n) is 4.80. The van der Waals surface area contributed by atoms with Crippen molar-refractivity contribution >= 4 is 5.82 Å². The number of nitriles is 1. The molecule has 88 valence electrons. The quantitative estimate of drug-likeness (QED) is 0.615. The molecule has 0 aliphatic heterocycles. The predicted octanol–water partition coefficient (Wildman–Crippen LogP) is -0.975. The summed E-state index contributed by atoms with van der Waals surface area (Å²) in [6, 6.07) is 1.81. The summed E-state index contributed by atoms with van der Waals surface area (Å²) in [5.41, 5.74) is -1.20. The van der Waals surface area contributed by atoms with Crippen molar-refractivity contribution < 1.29 is 0 Å². The largest absolute Gasteiger partial charge is 0.349 e. The van der Waals surface area contributed by atoms with Crippen LogP contribution in [0.3, 0.4) is 0 Å². The third kappa shape index (κ3) is 1.93. The maximum Gasteiger partial charge on any atom is 0.332 e. The Balaban J connectivity index is 3.73. The summed E-state index contributed by atoms with van der Waals surface area (Å²) < 4.78 is 2.13. The van der Waals surface area contributed by atoms with Gasteiger partial charge in [-0.3, -0.25) is 13.9 Å². The molecule has 0 atom stereocenters. The van der Waals surface area contributed by atoms with Gasteiger partial charge in [0.15, 0.2) is 5.56 Å². The van der Waals surface area contributed by atoms with Gasteiger partial charge < -0.3 is 4.90 Å². The minimum atomic E-state index is -0.616. The van der Waals surface area contributed by atoms with Gasteiger partial charge >= 0.3 is 5.69 Å². The number of terminal acetylenes is 1. The molecular formula is C11H12N4O2. The summed E-state index contributed by atoms with van der Waals surface area (Å²) >= 11 is 0. The predicted molar refractivity (Wildman–Crippen MR) is 63.7 cm³/mol. The molecule has 1 aromatic rings. The van der Waals surface area contributed by atoms with Gasteiger partial charge in [0.25, 0.3) is 5.56 Å². The van der Waals surface area contributed by atoms with Gasteiger partial charge in [-0.1, -0.05) is 5.92 Å². The molecule has 0 amide bonds. The molecule has 0 aliphatic rings. The average molecular weight is 232 g/mol. The minimum absolute atomic E-state index is 0.0904. The van der Waals surface area contributed by atoms with E-state index in [0.717, 1.165) is 4.57 Å². The Morgan fingerprint density at radius 3 is 2.41 bits per heavy atom. The van der Waals surface area contributed by atoms with E-state index >= 15 is 0 Å². The SMILES string of the molecule is C#CCN(C)c1c(C#N)c(=O)n(C)c(=O)n1C. The lowest BCUT2D eigenvalue weighted by Gasteiger charge is -2.20. The molecule has 0 saturated carbocycles. The Hall–Kier alpha value is -2.47. The highest BCUT2D eigenvalue weighted by Gasteiger charge is 2.17. The highest BCUT2D eigenvalue weighted by molar-refractivity contribution is 5.53. The van der Waals surface area contributed by atoms with Crippen molar-refractivity contribution in [3.05, 3.63) is 26.4 Å². The van der Waals surface area contributed by atoms with Crippen LogP contribution in [0.15, 0.2) is 9.59 Å². The fraction of sp³-hybridized carbons (Fsp3) is 0.364. The fourth-order valence-electron chi connectivity index (χ4n) is 1.59. The number of hydrogen-bond donors (Lipinski definition) is 0. The van der Waals surface area contributed by atoms with Crippen LogP contribution in [-0.4, -0.2) is 22.7 Å². The maximum atomic E-state index is 11.8. The molecule has 0 radical (unpaired) electrons. The van der Waals surface area contributed by atoms with E-state index in [-0.39, 0.29) is 17.9 Å². The molecule has 0 bridgehead atoms. The molecule has 0 unspecified atom stereocenters. The van der Waals surface area contributed by atoms with Crippen molar-refractivity contribution in [1.29, 1.82) is 5.26 Å². The van der Waals surface area contributed by atoms with E-state index in [9.17, 15) is 9.59 Å². The molecular weight excluding hydrogens is 220 g/mol. The first-order valence-corrected chi connectivity index (χ1v) is 4.80. The molecule has 6 nitrogen and oxygen atoms in total. The smallest absolute Gasteiger partial charge is 0.332 e. The number of aromatic nitrogens is 2. The molecule has 1 heterocycles. The van der Waals surface area contributed by atoms with Crippen LogP contribution in [0, 0.1) is 23.7 Å². The van der Waals surface area contributed by atoms with Crippen molar-refractivity contribution in [3.63, 3.8) is 0 Å². The van der Waals surface area contributed by atoms with Crippen molar-refractivity contribution in [3.8, 4) is 18.4 Å². The topological polar surface area (TPSA) is 71.0 Å². The Kier molecular flexibility index (Phi) is 3.40. The second-order valence-corrected chi connectivity index (χ2v) is 3.58. The zero-order chi connectivity index (χ0) is 13.2. The van der Waals surface area contributed by atoms with Crippen LogP contribution in [0.1, 0.15) is 5.56 Å². The molecule has 0 aliphatic carbocycles. The van der Waals surface area contributed by atoms with E-state index < -0.39 is 11.2 Å². The van der Waals surface area contributed by atoms with Gasteiger partial charge in [-0.25, -0.2) is 4.79 Å². The van der Waals surface area contributed by atoms with Crippen LogP contribution >= 0.6 is 0 Å². The van der Waals surface area contributed by atoms with E-state index in [1.165, 1.54) is 23.6 Å². The summed E-state index contributed by atoms with van der Waals surface area (Å²) in [5.74, 6) is 2.63. The average Bonchev–Trinajstić information content (AvgIpc) is 2.31. The molecule has 0 saturated heterocycles. The van der Waals surface area contributed by atoms with Crippen LogP contribution in [0.2, 0.25) is 0 Å². The Morgan fingerprint density at radius 2 is 1.94 bits per heavy atom. The van der Waals surface area contributed by atoms with Gasteiger partial charge in [0, 0.05) is 21.1 Å². The van der Waals surface area contributed by atoms with Crippen LogP contribution in [0.25, 0.3) is 0 Å². The van der Waals surface area contributed by atoms with Crippen molar-refractivity contribution in [2.45, 2.75) is 0 Å². The van der Waals surface area contributed by atoms with E-state index in [1.54, 1.807) is 7.05 Å². The van der Waals surface area contributed by atoms with Crippen molar-refractivity contribution in [1.82, 2.24) is 9.13 Å². The molecule has 0 N–H and O–H groups in total. The van der Waals surface area contributed by atoms with Gasteiger partial charge in [-0.05, 0) is 0 Å². The van der Waals surface area contributed by atoms with Gasteiger partial charge in [0.05, 0.1) is 6.54 Å². The number of anilines is 1. The molecule has 0 fully saturated rings. The first-order chi connectivity index (χ1) is 7.95. The summed E-state index contributed by atoms with van der Waals surface area (Å²) in [5, 5.41) is 9.00. The second kappa shape index (κ2) is 4.58.